The SMILES string of the molecule is CC(c1ccc(N)cc1)(c1ccc(N)c(O)c1)P1(=O)Oc2ccccc2-c2ccccc21. The molecule has 1 aliphatic heterocycles. The Bertz CT molecular complexity index is 1380. The van der Waals surface area contributed by atoms with Gasteiger partial charge in [-0.25, -0.2) is 0 Å². The average Bonchev–Trinajstić information content (AvgIpc) is 2.81. The maximum absolute atomic E-state index is 15.2. The van der Waals surface area contributed by atoms with Crippen molar-refractivity contribution < 1.29 is 14.2 Å². The van der Waals surface area contributed by atoms with E-state index in [4.69, 9.17) is 16.0 Å². The van der Waals surface area contributed by atoms with Gasteiger partial charge in [-0.1, -0.05) is 54.6 Å². The summed E-state index contributed by atoms with van der Waals surface area (Å²) in [6.07, 6.45) is 0. The van der Waals surface area contributed by atoms with Gasteiger partial charge in [0.15, 0.2) is 0 Å². The molecule has 2 unspecified atom stereocenters. The van der Waals surface area contributed by atoms with Crippen LogP contribution in [0.4, 0.5) is 11.4 Å². The van der Waals surface area contributed by atoms with Gasteiger partial charge in [0.1, 0.15) is 16.7 Å². The van der Waals surface area contributed by atoms with E-state index in [1.807, 2.05) is 67.6 Å². The summed E-state index contributed by atoms with van der Waals surface area (Å²) in [6.45, 7) is 1.88. The minimum Gasteiger partial charge on any atom is -0.506 e. The molecular formula is C26H23N2O3P. The molecule has 0 bridgehead atoms. The zero-order valence-corrected chi connectivity index (χ0v) is 18.4. The van der Waals surface area contributed by atoms with Crippen molar-refractivity contribution in [3.8, 4) is 22.6 Å². The van der Waals surface area contributed by atoms with E-state index in [9.17, 15) is 5.11 Å². The lowest BCUT2D eigenvalue weighted by molar-refractivity contribution is 0.460. The second-order valence-corrected chi connectivity index (χ2v) is 10.8. The Morgan fingerprint density at radius 2 is 1.44 bits per heavy atom. The van der Waals surface area contributed by atoms with E-state index in [0.29, 0.717) is 22.3 Å². The summed E-state index contributed by atoms with van der Waals surface area (Å²) in [5.74, 6) is 0.498. The van der Waals surface area contributed by atoms with E-state index in [1.54, 1.807) is 30.3 Å². The van der Waals surface area contributed by atoms with Gasteiger partial charge in [-0.05, 0) is 60.0 Å². The Morgan fingerprint density at radius 3 is 2.16 bits per heavy atom. The van der Waals surface area contributed by atoms with Crippen LogP contribution in [0.5, 0.6) is 11.5 Å². The van der Waals surface area contributed by atoms with Crippen molar-refractivity contribution in [2.75, 3.05) is 11.5 Å². The van der Waals surface area contributed by atoms with Gasteiger partial charge in [-0.3, -0.25) is 4.57 Å². The van der Waals surface area contributed by atoms with E-state index >= 15 is 4.57 Å². The fourth-order valence-electron chi connectivity index (χ4n) is 4.41. The van der Waals surface area contributed by atoms with Crippen LogP contribution in [-0.2, 0) is 9.72 Å². The van der Waals surface area contributed by atoms with Crippen LogP contribution in [0, 0.1) is 0 Å². The number of fused-ring (bicyclic) bond motifs is 3. The van der Waals surface area contributed by atoms with E-state index in [2.05, 4.69) is 0 Å². The lowest BCUT2D eigenvalue weighted by Crippen LogP contribution is -2.34. The summed E-state index contributed by atoms with van der Waals surface area (Å²) in [5.41, 5.74) is 15.8. The lowest BCUT2D eigenvalue weighted by atomic mass is 9.91. The van der Waals surface area contributed by atoms with Crippen LogP contribution in [-0.4, -0.2) is 5.11 Å². The van der Waals surface area contributed by atoms with Gasteiger partial charge in [-0.2, -0.15) is 0 Å². The fraction of sp³-hybridized carbons (Fsp3) is 0.0769. The molecular weight excluding hydrogens is 419 g/mol. The molecule has 0 fully saturated rings. The Hall–Kier alpha value is -3.69. The molecule has 6 heteroatoms. The molecule has 0 saturated heterocycles. The molecule has 0 saturated carbocycles. The molecule has 0 aliphatic carbocycles. The van der Waals surface area contributed by atoms with Gasteiger partial charge < -0.3 is 21.1 Å². The Kier molecular flexibility index (Phi) is 4.54. The molecule has 160 valence electrons. The molecule has 5 N–H and O–H groups in total. The van der Waals surface area contributed by atoms with Gasteiger partial charge in [0.2, 0.25) is 0 Å². The zero-order chi connectivity index (χ0) is 22.5. The first-order valence-corrected chi connectivity index (χ1v) is 11.9. The maximum atomic E-state index is 15.2. The van der Waals surface area contributed by atoms with Crippen LogP contribution < -0.4 is 21.3 Å². The third-order valence-electron chi connectivity index (χ3n) is 6.28. The van der Waals surface area contributed by atoms with Crippen molar-refractivity contribution in [3.05, 3.63) is 102 Å². The molecule has 1 aliphatic rings. The highest BCUT2D eigenvalue weighted by Gasteiger charge is 2.53. The summed E-state index contributed by atoms with van der Waals surface area (Å²) >= 11 is 0. The number of hydrogen-bond acceptors (Lipinski definition) is 5. The van der Waals surface area contributed by atoms with Crippen molar-refractivity contribution in [2.24, 2.45) is 0 Å². The fourth-order valence-corrected chi connectivity index (χ4v) is 7.37. The molecule has 4 aromatic rings. The van der Waals surface area contributed by atoms with Gasteiger partial charge in [0, 0.05) is 11.3 Å². The normalized spacial score (nSPS) is 18.7. The smallest absolute Gasteiger partial charge is 0.292 e. The molecule has 0 aromatic heterocycles. The first-order valence-electron chi connectivity index (χ1n) is 10.3. The largest absolute Gasteiger partial charge is 0.506 e. The highest BCUT2D eigenvalue weighted by molar-refractivity contribution is 7.69. The third-order valence-corrected chi connectivity index (χ3v) is 9.45. The first-order chi connectivity index (χ1) is 15.3. The number of aromatic hydroxyl groups is 1. The molecule has 1 heterocycles. The monoisotopic (exact) mass is 442 g/mol. The summed E-state index contributed by atoms with van der Waals surface area (Å²) in [6, 6.07) is 27.5. The van der Waals surface area contributed by atoms with Gasteiger partial charge in [-0.15, -0.1) is 0 Å². The molecule has 2 atom stereocenters. The Balaban J connectivity index is 1.85. The summed E-state index contributed by atoms with van der Waals surface area (Å²) in [4.78, 5) is 0. The summed E-state index contributed by atoms with van der Waals surface area (Å²) in [5, 5.41) is 9.92. The van der Waals surface area contributed by atoms with Crippen molar-refractivity contribution in [3.63, 3.8) is 0 Å². The van der Waals surface area contributed by atoms with Gasteiger partial charge in [0.05, 0.1) is 11.0 Å². The standard InChI is InChI=1S/C26H23N2O3P/c1-26(17-10-13-19(27)14-11-17,18-12-15-22(28)23(29)16-18)32(30)25-9-5-3-7-21(25)20-6-2-4-8-24(20)31-32/h2-16,29H,27-28H2,1H3. The molecule has 5 rings (SSSR count). The zero-order valence-electron chi connectivity index (χ0n) is 17.5. The predicted molar refractivity (Wildman–Crippen MR) is 130 cm³/mol. The van der Waals surface area contributed by atoms with E-state index in [-0.39, 0.29) is 11.4 Å². The summed E-state index contributed by atoms with van der Waals surface area (Å²) in [7, 11) is -3.64. The van der Waals surface area contributed by atoms with Crippen molar-refractivity contribution in [1.82, 2.24) is 0 Å². The molecule has 5 nitrogen and oxygen atoms in total. The van der Waals surface area contributed by atoms with E-state index in [1.165, 1.54) is 0 Å². The Morgan fingerprint density at radius 1 is 0.812 bits per heavy atom. The first kappa shape index (κ1) is 20.2. The van der Waals surface area contributed by atoms with Crippen LogP contribution >= 0.6 is 7.37 Å². The molecule has 0 radical (unpaired) electrons. The third kappa shape index (κ3) is 2.82. The van der Waals surface area contributed by atoms with E-state index in [0.717, 1.165) is 16.7 Å². The van der Waals surface area contributed by atoms with Crippen molar-refractivity contribution in [1.29, 1.82) is 0 Å². The Labute approximate surface area is 186 Å². The minimum absolute atomic E-state index is 0.0681. The van der Waals surface area contributed by atoms with Crippen LogP contribution in [0.25, 0.3) is 11.1 Å². The number of rotatable bonds is 3. The van der Waals surface area contributed by atoms with Gasteiger partial charge >= 0.3 is 0 Å². The highest BCUT2D eigenvalue weighted by atomic mass is 31.2. The van der Waals surface area contributed by atoms with Crippen molar-refractivity contribution in [2.45, 2.75) is 12.1 Å². The topological polar surface area (TPSA) is 98.6 Å². The van der Waals surface area contributed by atoms with Crippen LogP contribution in [0.3, 0.4) is 0 Å². The number of anilines is 2. The van der Waals surface area contributed by atoms with Crippen LogP contribution in [0.2, 0.25) is 0 Å². The maximum Gasteiger partial charge on any atom is 0.292 e. The van der Waals surface area contributed by atoms with Crippen molar-refractivity contribution >= 4 is 24.0 Å². The number of phenolic OH excluding ortho intramolecular Hbond substituents is 1. The molecule has 0 spiro atoms. The second kappa shape index (κ2) is 7.18. The number of para-hydroxylation sites is 1. The second-order valence-electron chi connectivity index (χ2n) is 8.12. The van der Waals surface area contributed by atoms with Gasteiger partial charge in [0.25, 0.3) is 7.37 Å². The minimum atomic E-state index is -3.64. The predicted octanol–water partition coefficient (Wildman–Crippen LogP) is 5.48. The number of phenols is 1. The average molecular weight is 442 g/mol. The van der Waals surface area contributed by atoms with Crippen LogP contribution in [0.15, 0.2) is 91.0 Å². The number of benzene rings is 4. The van der Waals surface area contributed by atoms with E-state index < -0.39 is 12.5 Å². The molecule has 4 aromatic carbocycles. The number of nitrogens with two attached hydrogens (primary N) is 2. The lowest BCUT2D eigenvalue weighted by Gasteiger charge is -2.41. The van der Waals surface area contributed by atoms with Crippen LogP contribution in [0.1, 0.15) is 18.1 Å². The quantitative estimate of drug-likeness (QED) is 0.222. The number of hydrogen-bond donors (Lipinski definition) is 3. The summed E-state index contributed by atoms with van der Waals surface area (Å²) < 4.78 is 21.6. The molecule has 0 amide bonds. The molecule has 32 heavy (non-hydrogen) atoms. The highest BCUT2D eigenvalue weighted by Crippen LogP contribution is 2.69. The number of nitrogen functional groups attached to an aromatic ring is 2.